The molecule has 0 saturated carbocycles. The molecule has 0 radical (unpaired) electrons. The first kappa shape index (κ1) is 15.1. The first-order chi connectivity index (χ1) is 9.97. The number of carbonyl (C=O) groups excluding carboxylic acids is 1. The van der Waals surface area contributed by atoms with Gasteiger partial charge >= 0.3 is 0 Å². The molecule has 2 rings (SSSR count). The second-order valence-corrected chi connectivity index (χ2v) is 5.20. The molecule has 0 saturated heterocycles. The van der Waals surface area contributed by atoms with Crippen LogP contribution in [0.2, 0.25) is 0 Å². The van der Waals surface area contributed by atoms with Crippen molar-refractivity contribution >= 4 is 11.6 Å². The molecule has 2 aromatic rings. The predicted molar refractivity (Wildman–Crippen MR) is 80.7 cm³/mol. The number of pyridine rings is 1. The second-order valence-electron chi connectivity index (χ2n) is 5.20. The van der Waals surface area contributed by atoms with Crippen molar-refractivity contribution in [2.75, 3.05) is 19.4 Å². The molecule has 1 N–H and O–H groups in total. The molecule has 0 fully saturated rings. The van der Waals surface area contributed by atoms with Gasteiger partial charge in [0.1, 0.15) is 0 Å². The number of nitrogens with one attached hydrogen (secondary N) is 1. The van der Waals surface area contributed by atoms with E-state index in [4.69, 9.17) is 0 Å². The number of carbonyl (C=O) groups is 1. The Morgan fingerprint density at radius 1 is 1.33 bits per heavy atom. The zero-order chi connectivity index (χ0) is 15.4. The number of benzene rings is 1. The summed E-state index contributed by atoms with van der Waals surface area (Å²) in [6.45, 7) is 2.67. The summed E-state index contributed by atoms with van der Waals surface area (Å²) in [6, 6.07) is 7.23. The van der Waals surface area contributed by atoms with Crippen LogP contribution >= 0.6 is 0 Å². The molecule has 1 heterocycles. The second kappa shape index (κ2) is 6.45. The molecule has 1 aromatic heterocycles. The van der Waals surface area contributed by atoms with Crippen molar-refractivity contribution in [2.45, 2.75) is 13.5 Å². The topological polar surface area (TPSA) is 45.2 Å². The van der Waals surface area contributed by atoms with E-state index in [0.717, 1.165) is 23.9 Å². The van der Waals surface area contributed by atoms with Crippen molar-refractivity contribution < 1.29 is 9.18 Å². The Bertz CT molecular complexity index is 656. The Morgan fingerprint density at radius 3 is 2.76 bits per heavy atom. The summed E-state index contributed by atoms with van der Waals surface area (Å²) < 4.78 is 13.6. The Hall–Kier alpha value is -2.27. The molecule has 0 aliphatic rings. The van der Waals surface area contributed by atoms with Crippen LogP contribution in [0.1, 0.15) is 21.5 Å². The minimum atomic E-state index is -0.628. The summed E-state index contributed by atoms with van der Waals surface area (Å²) in [5.74, 6) is -1.10. The van der Waals surface area contributed by atoms with Crippen LogP contribution in [0.5, 0.6) is 0 Å². The van der Waals surface area contributed by atoms with Crippen molar-refractivity contribution in [1.82, 2.24) is 9.88 Å². The maximum Gasteiger partial charge on any atom is 0.258 e. The number of anilines is 1. The normalized spacial score (nSPS) is 10.7. The average molecular weight is 287 g/mol. The van der Waals surface area contributed by atoms with Crippen LogP contribution in [0, 0.1) is 12.7 Å². The maximum absolute atomic E-state index is 13.6. The number of hydrogen-bond donors (Lipinski definition) is 1. The third-order valence-corrected chi connectivity index (χ3v) is 3.07. The Labute approximate surface area is 123 Å². The lowest BCUT2D eigenvalue weighted by Gasteiger charge is -2.13. The van der Waals surface area contributed by atoms with Crippen LogP contribution in [-0.4, -0.2) is 29.9 Å². The van der Waals surface area contributed by atoms with Gasteiger partial charge in [-0.3, -0.25) is 9.78 Å². The van der Waals surface area contributed by atoms with Crippen LogP contribution in [0.15, 0.2) is 36.7 Å². The van der Waals surface area contributed by atoms with E-state index >= 15 is 0 Å². The van der Waals surface area contributed by atoms with Gasteiger partial charge in [-0.05, 0) is 44.3 Å². The van der Waals surface area contributed by atoms with Crippen molar-refractivity contribution in [2.24, 2.45) is 0 Å². The standard InChI is InChI=1S/C16H18FN3O/c1-11-4-5-12(10-20(2)3)8-15(11)19-16(21)13-6-7-18-9-14(13)17/h4-9H,10H2,1-3H3,(H,19,21). The Balaban J connectivity index is 2.23. The van der Waals surface area contributed by atoms with E-state index in [1.54, 1.807) is 0 Å². The molecule has 110 valence electrons. The van der Waals surface area contributed by atoms with Crippen LogP contribution < -0.4 is 5.32 Å². The summed E-state index contributed by atoms with van der Waals surface area (Å²) >= 11 is 0. The Morgan fingerprint density at radius 2 is 2.10 bits per heavy atom. The van der Waals surface area contributed by atoms with Gasteiger partial charge in [0.2, 0.25) is 0 Å². The summed E-state index contributed by atoms with van der Waals surface area (Å²) in [5, 5.41) is 2.76. The van der Waals surface area contributed by atoms with E-state index in [1.165, 1.54) is 12.3 Å². The molecule has 0 unspecified atom stereocenters. The van der Waals surface area contributed by atoms with E-state index in [0.29, 0.717) is 5.69 Å². The summed E-state index contributed by atoms with van der Waals surface area (Å²) in [4.78, 5) is 17.8. The van der Waals surface area contributed by atoms with Gasteiger partial charge in [0.05, 0.1) is 11.8 Å². The zero-order valence-corrected chi connectivity index (χ0v) is 12.4. The number of amides is 1. The molecule has 0 spiro atoms. The van der Waals surface area contributed by atoms with Crippen molar-refractivity contribution in [3.63, 3.8) is 0 Å². The summed E-state index contributed by atoms with van der Waals surface area (Å²) in [6.07, 6.45) is 2.43. The van der Waals surface area contributed by atoms with E-state index in [9.17, 15) is 9.18 Å². The van der Waals surface area contributed by atoms with Gasteiger partial charge in [0.25, 0.3) is 5.91 Å². The third-order valence-electron chi connectivity index (χ3n) is 3.07. The molecular weight excluding hydrogens is 269 g/mol. The third kappa shape index (κ3) is 3.86. The van der Waals surface area contributed by atoms with E-state index in [-0.39, 0.29) is 5.56 Å². The van der Waals surface area contributed by atoms with Crippen molar-refractivity contribution in [3.8, 4) is 0 Å². The highest BCUT2D eigenvalue weighted by Crippen LogP contribution is 2.19. The predicted octanol–water partition coefficient (Wildman–Crippen LogP) is 2.84. The van der Waals surface area contributed by atoms with E-state index in [1.807, 2.05) is 44.1 Å². The molecule has 0 atom stereocenters. The molecule has 5 heteroatoms. The van der Waals surface area contributed by atoms with Gasteiger partial charge in [0, 0.05) is 18.4 Å². The van der Waals surface area contributed by atoms with Crippen LogP contribution in [0.3, 0.4) is 0 Å². The zero-order valence-electron chi connectivity index (χ0n) is 12.4. The maximum atomic E-state index is 13.6. The highest BCUT2D eigenvalue weighted by Gasteiger charge is 2.13. The first-order valence-corrected chi connectivity index (χ1v) is 6.62. The molecule has 0 bridgehead atoms. The first-order valence-electron chi connectivity index (χ1n) is 6.62. The lowest BCUT2D eigenvalue weighted by molar-refractivity contribution is 0.102. The highest BCUT2D eigenvalue weighted by molar-refractivity contribution is 6.04. The smallest absolute Gasteiger partial charge is 0.258 e. The SMILES string of the molecule is Cc1ccc(CN(C)C)cc1NC(=O)c1ccncc1F. The minimum absolute atomic E-state index is 0.0117. The number of halogens is 1. The molecule has 0 aliphatic carbocycles. The fourth-order valence-corrected chi connectivity index (χ4v) is 2.02. The number of rotatable bonds is 4. The van der Waals surface area contributed by atoms with Gasteiger partial charge in [-0.1, -0.05) is 12.1 Å². The largest absolute Gasteiger partial charge is 0.322 e. The van der Waals surface area contributed by atoms with Crippen molar-refractivity contribution in [1.29, 1.82) is 0 Å². The van der Waals surface area contributed by atoms with Gasteiger partial charge in [0.15, 0.2) is 5.82 Å². The molecular formula is C16H18FN3O. The average Bonchev–Trinajstić information content (AvgIpc) is 2.42. The quantitative estimate of drug-likeness (QED) is 0.940. The highest BCUT2D eigenvalue weighted by atomic mass is 19.1. The summed E-state index contributed by atoms with van der Waals surface area (Å²) in [5.41, 5.74) is 2.69. The van der Waals surface area contributed by atoms with E-state index < -0.39 is 11.7 Å². The summed E-state index contributed by atoms with van der Waals surface area (Å²) in [7, 11) is 3.95. The molecule has 1 amide bonds. The molecule has 4 nitrogen and oxygen atoms in total. The van der Waals surface area contributed by atoms with Crippen LogP contribution in [0.4, 0.5) is 10.1 Å². The monoisotopic (exact) mass is 287 g/mol. The number of aryl methyl sites for hydroxylation is 1. The molecule has 1 aromatic carbocycles. The lowest BCUT2D eigenvalue weighted by atomic mass is 10.1. The Kier molecular flexibility index (Phi) is 4.65. The van der Waals surface area contributed by atoms with Gasteiger partial charge in [-0.2, -0.15) is 0 Å². The van der Waals surface area contributed by atoms with Crippen LogP contribution in [-0.2, 0) is 6.54 Å². The fourth-order valence-electron chi connectivity index (χ4n) is 2.02. The van der Waals surface area contributed by atoms with E-state index in [2.05, 4.69) is 10.3 Å². The number of nitrogens with zero attached hydrogens (tertiary/aromatic N) is 2. The van der Waals surface area contributed by atoms with Crippen LogP contribution in [0.25, 0.3) is 0 Å². The number of hydrogen-bond acceptors (Lipinski definition) is 3. The number of aromatic nitrogens is 1. The van der Waals surface area contributed by atoms with Gasteiger partial charge in [-0.25, -0.2) is 4.39 Å². The molecule has 21 heavy (non-hydrogen) atoms. The fraction of sp³-hybridized carbons (Fsp3) is 0.250. The molecule has 0 aliphatic heterocycles. The lowest BCUT2D eigenvalue weighted by Crippen LogP contribution is -2.16. The van der Waals surface area contributed by atoms with Gasteiger partial charge < -0.3 is 10.2 Å². The minimum Gasteiger partial charge on any atom is -0.322 e. The van der Waals surface area contributed by atoms with Gasteiger partial charge in [-0.15, -0.1) is 0 Å². The van der Waals surface area contributed by atoms with Crippen molar-refractivity contribution in [3.05, 3.63) is 59.2 Å².